The van der Waals surface area contributed by atoms with E-state index in [-0.39, 0.29) is 18.4 Å². The SMILES string of the molecule is CCCCCCCCCCC(CCCCCCCC)(CCCC(=O)O)C(=O)O.CCCCCCCCCCOC(=O)CCCCC(=O)OCCCCCCCC. The first kappa shape index (κ1) is 56.0. The van der Waals surface area contributed by atoms with Gasteiger partial charge in [0.05, 0.1) is 18.6 Å². The number of esters is 2. The van der Waals surface area contributed by atoms with Gasteiger partial charge in [0.15, 0.2) is 0 Å². The molecule has 8 heteroatoms. The summed E-state index contributed by atoms with van der Waals surface area (Å²) in [5.41, 5.74) is -0.720. The average molecular weight is 797 g/mol. The summed E-state index contributed by atoms with van der Waals surface area (Å²) in [6.45, 7) is 9.93. The van der Waals surface area contributed by atoms with E-state index in [1.807, 2.05) is 0 Å². The van der Waals surface area contributed by atoms with Crippen molar-refractivity contribution >= 4 is 23.9 Å². The molecule has 0 rings (SSSR count). The lowest BCUT2D eigenvalue weighted by Gasteiger charge is -2.30. The summed E-state index contributed by atoms with van der Waals surface area (Å²) in [6.07, 6.45) is 38.3. The van der Waals surface area contributed by atoms with Gasteiger partial charge < -0.3 is 19.7 Å². The molecule has 0 aliphatic carbocycles. The Balaban J connectivity index is 0. The molecule has 0 aromatic heterocycles. The van der Waals surface area contributed by atoms with Crippen molar-refractivity contribution in [1.82, 2.24) is 0 Å². The standard InChI is InChI=1S/2C24H46O4/c1-3-5-7-9-11-12-14-18-22-28-24(26)20-16-15-19-23(25)27-21-17-13-10-8-6-4-2;1-3-5-7-9-11-12-14-16-20-24(23(27)28,21-17-18-22(25)26)19-15-13-10-8-6-4-2/h3-22H2,1-2H3;3-21H2,1-2H3,(H,25,26)(H,27,28). The Labute approximate surface area is 345 Å². The van der Waals surface area contributed by atoms with Gasteiger partial charge in [-0.25, -0.2) is 0 Å². The lowest BCUT2D eigenvalue weighted by molar-refractivity contribution is -0.151. The maximum Gasteiger partial charge on any atom is 0.309 e. The minimum absolute atomic E-state index is 0.0724. The Bertz CT molecular complexity index is 890. The summed E-state index contributed by atoms with van der Waals surface area (Å²) in [5.74, 6) is -1.82. The van der Waals surface area contributed by atoms with Crippen LogP contribution >= 0.6 is 0 Å². The molecule has 8 nitrogen and oxygen atoms in total. The lowest BCUT2D eigenvalue weighted by Crippen LogP contribution is -2.31. The van der Waals surface area contributed by atoms with Crippen LogP contribution in [-0.2, 0) is 28.7 Å². The highest BCUT2D eigenvalue weighted by atomic mass is 16.5. The molecule has 0 bridgehead atoms. The lowest BCUT2D eigenvalue weighted by atomic mass is 9.74. The first-order valence-electron chi connectivity index (χ1n) is 23.9. The summed E-state index contributed by atoms with van der Waals surface area (Å²) in [5, 5.41) is 18.9. The van der Waals surface area contributed by atoms with Crippen molar-refractivity contribution in [1.29, 1.82) is 0 Å². The second-order valence-corrected chi connectivity index (χ2v) is 16.5. The number of unbranched alkanes of at least 4 members (excludes halogenated alkanes) is 25. The molecule has 0 heterocycles. The molecule has 56 heavy (non-hydrogen) atoms. The maximum absolute atomic E-state index is 12.2. The van der Waals surface area contributed by atoms with Gasteiger partial charge in [0.1, 0.15) is 0 Å². The first-order chi connectivity index (χ1) is 27.2. The van der Waals surface area contributed by atoms with E-state index in [0.717, 1.165) is 51.4 Å². The van der Waals surface area contributed by atoms with Crippen molar-refractivity contribution in [2.24, 2.45) is 5.41 Å². The number of rotatable bonds is 42. The molecular formula is C48H92O8. The zero-order chi connectivity index (χ0) is 41.8. The summed E-state index contributed by atoms with van der Waals surface area (Å²) < 4.78 is 10.5. The van der Waals surface area contributed by atoms with E-state index in [4.69, 9.17) is 14.6 Å². The zero-order valence-corrected chi connectivity index (χ0v) is 37.4. The molecule has 1 atom stereocenters. The van der Waals surface area contributed by atoms with Crippen LogP contribution in [-0.4, -0.2) is 47.3 Å². The van der Waals surface area contributed by atoms with E-state index in [9.17, 15) is 24.3 Å². The van der Waals surface area contributed by atoms with Crippen molar-refractivity contribution in [2.45, 2.75) is 265 Å². The first-order valence-corrected chi connectivity index (χ1v) is 23.9. The molecule has 0 saturated carbocycles. The van der Waals surface area contributed by atoms with Crippen LogP contribution in [0.15, 0.2) is 0 Å². The minimum atomic E-state index is -0.828. The highest BCUT2D eigenvalue weighted by Gasteiger charge is 2.36. The molecule has 0 aromatic rings. The summed E-state index contributed by atoms with van der Waals surface area (Å²) in [4.78, 5) is 46.3. The molecule has 1 unspecified atom stereocenters. The van der Waals surface area contributed by atoms with Crippen LogP contribution in [0.25, 0.3) is 0 Å². The van der Waals surface area contributed by atoms with Crippen molar-refractivity contribution < 1.29 is 38.9 Å². The molecule has 0 radical (unpaired) electrons. The molecule has 0 fully saturated rings. The highest BCUT2D eigenvalue weighted by molar-refractivity contribution is 5.74. The Morgan fingerprint density at radius 1 is 0.357 bits per heavy atom. The van der Waals surface area contributed by atoms with Crippen LogP contribution in [0.5, 0.6) is 0 Å². The Kier molecular flexibility index (Phi) is 44.0. The molecule has 0 saturated heterocycles. The maximum atomic E-state index is 12.2. The van der Waals surface area contributed by atoms with Crippen molar-refractivity contribution in [2.75, 3.05) is 13.2 Å². The monoisotopic (exact) mass is 797 g/mol. The van der Waals surface area contributed by atoms with E-state index in [1.165, 1.54) is 128 Å². The Morgan fingerprint density at radius 3 is 0.946 bits per heavy atom. The van der Waals surface area contributed by atoms with Crippen LogP contribution in [0.2, 0.25) is 0 Å². The topological polar surface area (TPSA) is 127 Å². The quantitative estimate of drug-likeness (QED) is 0.0462. The van der Waals surface area contributed by atoms with Crippen molar-refractivity contribution in [3.63, 3.8) is 0 Å². The molecule has 0 aliphatic rings. The Hall–Kier alpha value is -2.12. The van der Waals surface area contributed by atoms with Crippen LogP contribution in [0.4, 0.5) is 0 Å². The van der Waals surface area contributed by atoms with Gasteiger partial charge in [0.2, 0.25) is 0 Å². The number of carboxylic acid groups (broad SMARTS) is 2. The predicted molar refractivity (Wildman–Crippen MR) is 233 cm³/mol. The summed E-state index contributed by atoms with van der Waals surface area (Å²) >= 11 is 0. The van der Waals surface area contributed by atoms with Crippen molar-refractivity contribution in [3.05, 3.63) is 0 Å². The highest BCUT2D eigenvalue weighted by Crippen LogP contribution is 2.37. The van der Waals surface area contributed by atoms with Crippen molar-refractivity contribution in [3.8, 4) is 0 Å². The number of carbonyl (C=O) groups excluding carboxylic acids is 2. The smallest absolute Gasteiger partial charge is 0.309 e. The van der Waals surface area contributed by atoms with Gasteiger partial charge in [-0.2, -0.15) is 0 Å². The predicted octanol–water partition coefficient (Wildman–Crippen LogP) is 14.7. The number of ether oxygens (including phenoxy) is 2. The van der Waals surface area contributed by atoms with Gasteiger partial charge in [-0.1, -0.05) is 195 Å². The number of hydrogen-bond donors (Lipinski definition) is 2. The number of carbonyl (C=O) groups is 4. The van der Waals surface area contributed by atoms with Gasteiger partial charge in [-0.3, -0.25) is 19.2 Å². The van der Waals surface area contributed by atoms with Gasteiger partial charge in [-0.05, 0) is 51.4 Å². The van der Waals surface area contributed by atoms with Crippen LogP contribution < -0.4 is 0 Å². The van der Waals surface area contributed by atoms with E-state index < -0.39 is 17.4 Å². The fourth-order valence-corrected chi connectivity index (χ4v) is 7.29. The third-order valence-corrected chi connectivity index (χ3v) is 11.1. The van der Waals surface area contributed by atoms with E-state index >= 15 is 0 Å². The van der Waals surface area contributed by atoms with Gasteiger partial charge in [0, 0.05) is 19.3 Å². The largest absolute Gasteiger partial charge is 0.481 e. The molecular weight excluding hydrogens is 705 g/mol. The number of aliphatic carboxylic acids is 2. The van der Waals surface area contributed by atoms with Gasteiger partial charge >= 0.3 is 23.9 Å². The molecule has 0 spiro atoms. The Morgan fingerprint density at radius 2 is 0.643 bits per heavy atom. The van der Waals surface area contributed by atoms with Gasteiger partial charge in [-0.15, -0.1) is 0 Å². The summed E-state index contributed by atoms with van der Waals surface area (Å²) in [6, 6.07) is 0. The second kappa shape index (κ2) is 44.0. The third-order valence-electron chi connectivity index (χ3n) is 11.1. The fraction of sp³-hybridized carbons (Fsp3) is 0.917. The number of hydrogen-bond acceptors (Lipinski definition) is 6. The van der Waals surface area contributed by atoms with Crippen LogP contribution in [0.1, 0.15) is 265 Å². The number of carboxylic acids is 2. The molecule has 0 aromatic carbocycles. The van der Waals surface area contributed by atoms with E-state index in [2.05, 4.69) is 27.7 Å². The normalized spacial score (nSPS) is 12.1. The van der Waals surface area contributed by atoms with E-state index in [0.29, 0.717) is 64.6 Å². The fourth-order valence-electron chi connectivity index (χ4n) is 7.29. The zero-order valence-electron chi connectivity index (χ0n) is 37.4. The molecule has 2 N–H and O–H groups in total. The molecule has 0 aliphatic heterocycles. The molecule has 0 amide bonds. The average Bonchev–Trinajstić information content (AvgIpc) is 3.17. The second-order valence-electron chi connectivity index (χ2n) is 16.5. The van der Waals surface area contributed by atoms with Crippen LogP contribution in [0, 0.1) is 5.41 Å². The molecule has 332 valence electrons. The van der Waals surface area contributed by atoms with Gasteiger partial charge in [0.25, 0.3) is 0 Å². The van der Waals surface area contributed by atoms with E-state index in [1.54, 1.807) is 0 Å². The third kappa shape index (κ3) is 40.1. The minimum Gasteiger partial charge on any atom is -0.481 e. The summed E-state index contributed by atoms with van der Waals surface area (Å²) in [7, 11) is 0. The van der Waals surface area contributed by atoms with Crippen LogP contribution in [0.3, 0.4) is 0 Å².